The summed E-state index contributed by atoms with van der Waals surface area (Å²) in [6.07, 6.45) is 10.5. The first-order valence-corrected chi connectivity index (χ1v) is 7.08. The van der Waals surface area contributed by atoms with Crippen molar-refractivity contribution in [1.82, 2.24) is 0 Å². The average Bonchev–Trinajstić information content (AvgIpc) is 2.40. The minimum absolute atomic E-state index is 0.408. The second-order valence-corrected chi connectivity index (χ2v) is 5.40. The number of carbonyl (C=O) groups is 1. The van der Waals surface area contributed by atoms with Crippen molar-refractivity contribution in [3.63, 3.8) is 0 Å². The predicted molar refractivity (Wildman–Crippen MR) is 72.9 cm³/mol. The molecule has 1 aromatic rings. The van der Waals surface area contributed by atoms with Gasteiger partial charge in [0.15, 0.2) is 0 Å². The van der Waals surface area contributed by atoms with Crippen LogP contribution in [0.15, 0.2) is 24.3 Å². The van der Waals surface area contributed by atoms with Crippen molar-refractivity contribution in [1.29, 1.82) is 0 Å². The zero-order chi connectivity index (χ0) is 12.8. The molecule has 1 N–H and O–H groups in total. The molecule has 0 amide bonds. The fourth-order valence-corrected chi connectivity index (χ4v) is 2.93. The SMILES string of the molecule is O=C(O)c1cccc(CCCC2CCCCC2)c1. The number of rotatable bonds is 5. The number of aromatic carboxylic acids is 1. The third-order valence-electron chi connectivity index (χ3n) is 3.98. The number of carboxylic acid groups (broad SMARTS) is 1. The Kier molecular flexibility index (Phi) is 4.80. The maximum absolute atomic E-state index is 10.9. The van der Waals surface area contributed by atoms with Crippen molar-refractivity contribution in [3.05, 3.63) is 35.4 Å². The minimum Gasteiger partial charge on any atom is -0.478 e. The molecule has 0 atom stereocenters. The summed E-state index contributed by atoms with van der Waals surface area (Å²) < 4.78 is 0. The molecule has 98 valence electrons. The molecule has 1 fully saturated rings. The lowest BCUT2D eigenvalue weighted by Gasteiger charge is -2.21. The lowest BCUT2D eigenvalue weighted by Crippen LogP contribution is -2.06. The van der Waals surface area contributed by atoms with Crippen LogP contribution in [0.1, 0.15) is 60.9 Å². The van der Waals surface area contributed by atoms with E-state index in [1.165, 1.54) is 44.9 Å². The smallest absolute Gasteiger partial charge is 0.335 e. The van der Waals surface area contributed by atoms with E-state index >= 15 is 0 Å². The Labute approximate surface area is 109 Å². The van der Waals surface area contributed by atoms with Gasteiger partial charge in [-0.05, 0) is 36.5 Å². The molecule has 1 aliphatic carbocycles. The van der Waals surface area contributed by atoms with E-state index in [2.05, 4.69) is 0 Å². The van der Waals surface area contributed by atoms with E-state index in [0.29, 0.717) is 5.56 Å². The molecular formula is C16H22O2. The van der Waals surface area contributed by atoms with Gasteiger partial charge in [0.2, 0.25) is 0 Å². The van der Waals surface area contributed by atoms with E-state index in [1.54, 1.807) is 6.07 Å². The van der Waals surface area contributed by atoms with Gasteiger partial charge in [-0.3, -0.25) is 0 Å². The van der Waals surface area contributed by atoms with Crippen LogP contribution in [0, 0.1) is 5.92 Å². The molecule has 0 aliphatic heterocycles. The van der Waals surface area contributed by atoms with E-state index in [-0.39, 0.29) is 0 Å². The van der Waals surface area contributed by atoms with Gasteiger partial charge in [0, 0.05) is 0 Å². The highest BCUT2D eigenvalue weighted by molar-refractivity contribution is 5.87. The van der Waals surface area contributed by atoms with Crippen molar-refractivity contribution in [3.8, 4) is 0 Å². The summed E-state index contributed by atoms with van der Waals surface area (Å²) in [5.74, 6) is 0.0885. The van der Waals surface area contributed by atoms with Crippen molar-refractivity contribution in [2.45, 2.75) is 51.4 Å². The monoisotopic (exact) mass is 246 g/mol. The van der Waals surface area contributed by atoms with E-state index in [9.17, 15) is 4.79 Å². The summed E-state index contributed by atoms with van der Waals surface area (Å²) in [5, 5.41) is 8.94. The molecule has 0 aromatic heterocycles. The van der Waals surface area contributed by atoms with Crippen molar-refractivity contribution >= 4 is 5.97 Å². The maximum Gasteiger partial charge on any atom is 0.335 e. The molecule has 2 rings (SSSR count). The first-order chi connectivity index (χ1) is 8.75. The molecule has 1 aliphatic rings. The Balaban J connectivity index is 1.78. The average molecular weight is 246 g/mol. The number of benzene rings is 1. The minimum atomic E-state index is -0.830. The van der Waals surface area contributed by atoms with Crippen LogP contribution in [0.5, 0.6) is 0 Å². The Bertz CT molecular complexity index is 392. The van der Waals surface area contributed by atoms with Crippen LogP contribution in [-0.2, 0) is 6.42 Å². The molecule has 2 heteroatoms. The highest BCUT2D eigenvalue weighted by atomic mass is 16.4. The quantitative estimate of drug-likeness (QED) is 0.841. The molecule has 0 radical (unpaired) electrons. The topological polar surface area (TPSA) is 37.3 Å². The van der Waals surface area contributed by atoms with Crippen molar-refractivity contribution < 1.29 is 9.90 Å². The zero-order valence-corrected chi connectivity index (χ0v) is 10.9. The fourth-order valence-electron chi connectivity index (χ4n) is 2.93. The lowest BCUT2D eigenvalue weighted by molar-refractivity contribution is 0.0696. The van der Waals surface area contributed by atoms with Gasteiger partial charge in [0.1, 0.15) is 0 Å². The van der Waals surface area contributed by atoms with Crippen LogP contribution in [0.4, 0.5) is 0 Å². The molecule has 0 bridgehead atoms. The summed E-state index contributed by atoms with van der Waals surface area (Å²) in [6.45, 7) is 0. The van der Waals surface area contributed by atoms with Crippen molar-refractivity contribution in [2.75, 3.05) is 0 Å². The summed E-state index contributed by atoms with van der Waals surface area (Å²) >= 11 is 0. The fraction of sp³-hybridized carbons (Fsp3) is 0.562. The second-order valence-electron chi connectivity index (χ2n) is 5.40. The molecule has 2 nitrogen and oxygen atoms in total. The van der Waals surface area contributed by atoms with Gasteiger partial charge in [0.25, 0.3) is 0 Å². The van der Waals surface area contributed by atoms with E-state index < -0.39 is 5.97 Å². The Morgan fingerprint density at radius 2 is 2.00 bits per heavy atom. The van der Waals surface area contributed by atoms with Crippen LogP contribution in [0.2, 0.25) is 0 Å². The summed E-state index contributed by atoms with van der Waals surface area (Å²) in [7, 11) is 0. The zero-order valence-electron chi connectivity index (χ0n) is 10.9. The number of hydrogen-bond donors (Lipinski definition) is 1. The first kappa shape index (κ1) is 13.1. The van der Waals surface area contributed by atoms with Crippen molar-refractivity contribution in [2.24, 2.45) is 5.92 Å². The largest absolute Gasteiger partial charge is 0.478 e. The highest BCUT2D eigenvalue weighted by Crippen LogP contribution is 2.27. The Hall–Kier alpha value is -1.31. The number of aryl methyl sites for hydroxylation is 1. The molecular weight excluding hydrogens is 224 g/mol. The Morgan fingerprint density at radius 3 is 2.72 bits per heavy atom. The molecule has 0 spiro atoms. The lowest BCUT2D eigenvalue weighted by atomic mass is 9.85. The van der Waals surface area contributed by atoms with E-state index in [4.69, 9.17) is 5.11 Å². The highest BCUT2D eigenvalue weighted by Gasteiger charge is 2.12. The number of hydrogen-bond acceptors (Lipinski definition) is 1. The Morgan fingerprint density at radius 1 is 1.22 bits per heavy atom. The van der Waals surface area contributed by atoms with E-state index in [1.807, 2.05) is 18.2 Å². The van der Waals surface area contributed by atoms with Gasteiger partial charge in [0.05, 0.1) is 5.56 Å². The number of carboxylic acids is 1. The third kappa shape index (κ3) is 3.86. The summed E-state index contributed by atoms with van der Waals surface area (Å²) in [6, 6.07) is 7.35. The summed E-state index contributed by atoms with van der Waals surface area (Å²) in [4.78, 5) is 10.9. The maximum atomic E-state index is 10.9. The van der Waals surface area contributed by atoms with Crippen LogP contribution in [-0.4, -0.2) is 11.1 Å². The van der Waals surface area contributed by atoms with Gasteiger partial charge in [-0.15, -0.1) is 0 Å². The second kappa shape index (κ2) is 6.58. The molecule has 1 aromatic carbocycles. The molecule has 0 heterocycles. The van der Waals surface area contributed by atoms with Gasteiger partial charge in [-0.2, -0.15) is 0 Å². The van der Waals surface area contributed by atoms with Crippen LogP contribution in [0.3, 0.4) is 0 Å². The molecule has 0 saturated heterocycles. The first-order valence-electron chi connectivity index (χ1n) is 7.08. The van der Waals surface area contributed by atoms with E-state index in [0.717, 1.165) is 17.9 Å². The van der Waals surface area contributed by atoms with Crippen LogP contribution in [0.25, 0.3) is 0 Å². The molecule has 18 heavy (non-hydrogen) atoms. The van der Waals surface area contributed by atoms with Gasteiger partial charge in [-0.1, -0.05) is 50.7 Å². The normalized spacial score (nSPS) is 16.7. The van der Waals surface area contributed by atoms with Gasteiger partial charge >= 0.3 is 5.97 Å². The molecule has 0 unspecified atom stereocenters. The molecule has 1 saturated carbocycles. The third-order valence-corrected chi connectivity index (χ3v) is 3.98. The van der Waals surface area contributed by atoms with Crippen LogP contribution < -0.4 is 0 Å². The van der Waals surface area contributed by atoms with Crippen LogP contribution >= 0.6 is 0 Å². The predicted octanol–water partition coefficient (Wildman–Crippen LogP) is 4.29. The summed E-state index contributed by atoms with van der Waals surface area (Å²) in [5.41, 5.74) is 1.57. The van der Waals surface area contributed by atoms with Gasteiger partial charge < -0.3 is 5.11 Å². The van der Waals surface area contributed by atoms with Gasteiger partial charge in [-0.25, -0.2) is 4.79 Å². The standard InChI is InChI=1S/C16H22O2/c17-16(18)15-11-5-10-14(12-15)9-4-8-13-6-2-1-3-7-13/h5,10-13H,1-4,6-9H2,(H,17,18).